The van der Waals surface area contributed by atoms with Gasteiger partial charge in [-0.25, -0.2) is 4.98 Å². The van der Waals surface area contributed by atoms with Crippen LogP contribution < -0.4 is 10.1 Å². The van der Waals surface area contributed by atoms with Crippen molar-refractivity contribution >= 4 is 11.3 Å². The summed E-state index contributed by atoms with van der Waals surface area (Å²) in [6.07, 6.45) is 1.11. The second-order valence-corrected chi connectivity index (χ2v) is 5.58. The molecular formula is C16H22N2OS. The van der Waals surface area contributed by atoms with Crippen molar-refractivity contribution in [2.24, 2.45) is 0 Å². The monoisotopic (exact) mass is 290 g/mol. The van der Waals surface area contributed by atoms with Crippen LogP contribution >= 0.6 is 11.3 Å². The summed E-state index contributed by atoms with van der Waals surface area (Å²) < 4.78 is 5.61. The van der Waals surface area contributed by atoms with E-state index in [4.69, 9.17) is 4.74 Å². The molecule has 0 saturated carbocycles. The SMILES string of the molecule is CCCNC(c1cccc(OCC)c1)c1scnc1C. The number of aryl methyl sites for hydroxylation is 1. The Labute approximate surface area is 125 Å². The quantitative estimate of drug-likeness (QED) is 0.838. The fraction of sp³-hybridized carbons (Fsp3) is 0.438. The third kappa shape index (κ3) is 3.58. The van der Waals surface area contributed by atoms with Gasteiger partial charge in [0, 0.05) is 4.88 Å². The van der Waals surface area contributed by atoms with E-state index in [1.165, 1.54) is 10.4 Å². The van der Waals surface area contributed by atoms with Gasteiger partial charge in [-0.15, -0.1) is 11.3 Å². The molecule has 0 amide bonds. The van der Waals surface area contributed by atoms with E-state index in [1.807, 2.05) is 18.5 Å². The summed E-state index contributed by atoms with van der Waals surface area (Å²) in [6.45, 7) is 7.93. The standard InChI is InChI=1S/C16H22N2OS/c1-4-9-17-15(16-12(3)18-11-20-16)13-7-6-8-14(10-13)19-5-2/h6-8,10-11,15,17H,4-5,9H2,1-3H3. The molecule has 1 aromatic carbocycles. The summed E-state index contributed by atoms with van der Waals surface area (Å²) in [6, 6.07) is 8.52. The first-order valence-corrected chi connectivity index (χ1v) is 8.00. The van der Waals surface area contributed by atoms with E-state index in [2.05, 4.69) is 42.3 Å². The van der Waals surface area contributed by atoms with Crippen LogP contribution in [-0.2, 0) is 0 Å². The van der Waals surface area contributed by atoms with Crippen molar-refractivity contribution in [3.63, 3.8) is 0 Å². The topological polar surface area (TPSA) is 34.1 Å². The smallest absolute Gasteiger partial charge is 0.119 e. The van der Waals surface area contributed by atoms with Crippen molar-refractivity contribution in [3.8, 4) is 5.75 Å². The first-order chi connectivity index (χ1) is 9.76. The van der Waals surface area contributed by atoms with Gasteiger partial charge < -0.3 is 10.1 Å². The molecular weight excluding hydrogens is 268 g/mol. The highest BCUT2D eigenvalue weighted by Crippen LogP contribution is 2.29. The first-order valence-electron chi connectivity index (χ1n) is 7.12. The average molecular weight is 290 g/mol. The van der Waals surface area contributed by atoms with E-state index >= 15 is 0 Å². The Kier molecular flexibility index (Phi) is 5.56. The Hall–Kier alpha value is -1.39. The second-order valence-electron chi connectivity index (χ2n) is 4.69. The van der Waals surface area contributed by atoms with Crippen LogP contribution in [0.25, 0.3) is 0 Å². The number of ether oxygens (including phenoxy) is 1. The first kappa shape index (κ1) is 15.0. The Bertz CT molecular complexity index is 539. The fourth-order valence-corrected chi connectivity index (χ4v) is 3.09. The molecule has 0 bridgehead atoms. The normalized spacial score (nSPS) is 12.3. The lowest BCUT2D eigenvalue weighted by Gasteiger charge is -2.19. The largest absolute Gasteiger partial charge is 0.494 e. The highest BCUT2D eigenvalue weighted by atomic mass is 32.1. The number of aromatic nitrogens is 1. The van der Waals surface area contributed by atoms with Crippen LogP contribution in [0, 0.1) is 6.92 Å². The van der Waals surface area contributed by atoms with Gasteiger partial charge in [-0.05, 0) is 44.5 Å². The molecule has 108 valence electrons. The van der Waals surface area contributed by atoms with Crippen LogP contribution in [0.1, 0.15) is 42.4 Å². The molecule has 0 aliphatic rings. The molecule has 4 heteroatoms. The minimum atomic E-state index is 0.197. The number of nitrogens with zero attached hydrogens (tertiary/aromatic N) is 1. The minimum absolute atomic E-state index is 0.197. The molecule has 3 nitrogen and oxygen atoms in total. The molecule has 2 aromatic rings. The Morgan fingerprint density at radius 2 is 2.20 bits per heavy atom. The van der Waals surface area contributed by atoms with Gasteiger partial charge in [0.05, 0.1) is 23.9 Å². The van der Waals surface area contributed by atoms with Gasteiger partial charge in [-0.3, -0.25) is 0 Å². The van der Waals surface area contributed by atoms with Crippen LogP contribution in [-0.4, -0.2) is 18.1 Å². The number of hydrogen-bond acceptors (Lipinski definition) is 4. The van der Waals surface area contributed by atoms with Gasteiger partial charge >= 0.3 is 0 Å². The lowest BCUT2D eigenvalue weighted by Crippen LogP contribution is -2.23. The molecule has 1 heterocycles. The van der Waals surface area contributed by atoms with Crippen molar-refractivity contribution in [1.29, 1.82) is 0 Å². The molecule has 0 fully saturated rings. The van der Waals surface area contributed by atoms with E-state index in [0.29, 0.717) is 6.61 Å². The maximum Gasteiger partial charge on any atom is 0.119 e. The number of hydrogen-bond donors (Lipinski definition) is 1. The highest BCUT2D eigenvalue weighted by Gasteiger charge is 2.18. The number of nitrogens with one attached hydrogen (secondary N) is 1. The van der Waals surface area contributed by atoms with Crippen LogP contribution in [0.5, 0.6) is 5.75 Å². The van der Waals surface area contributed by atoms with Gasteiger partial charge in [-0.1, -0.05) is 19.1 Å². The van der Waals surface area contributed by atoms with Gasteiger partial charge in [0.1, 0.15) is 5.75 Å². The third-order valence-electron chi connectivity index (χ3n) is 3.15. The predicted octanol–water partition coefficient (Wildman–Crippen LogP) is 3.94. The van der Waals surface area contributed by atoms with Gasteiger partial charge in [0.15, 0.2) is 0 Å². The predicted molar refractivity (Wildman–Crippen MR) is 84.6 cm³/mol. The van der Waals surface area contributed by atoms with Crippen molar-refractivity contribution < 1.29 is 4.74 Å². The molecule has 0 aliphatic heterocycles. The van der Waals surface area contributed by atoms with E-state index in [-0.39, 0.29) is 6.04 Å². The summed E-state index contributed by atoms with van der Waals surface area (Å²) in [5.41, 5.74) is 4.25. The maximum atomic E-state index is 5.61. The lowest BCUT2D eigenvalue weighted by molar-refractivity contribution is 0.339. The molecule has 20 heavy (non-hydrogen) atoms. The van der Waals surface area contributed by atoms with Crippen molar-refractivity contribution in [1.82, 2.24) is 10.3 Å². The van der Waals surface area contributed by atoms with Gasteiger partial charge in [0.25, 0.3) is 0 Å². The van der Waals surface area contributed by atoms with Crippen molar-refractivity contribution in [2.75, 3.05) is 13.2 Å². The zero-order chi connectivity index (χ0) is 14.4. The summed E-state index contributed by atoms with van der Waals surface area (Å²) in [5, 5.41) is 3.61. The fourth-order valence-electron chi connectivity index (χ4n) is 2.19. The van der Waals surface area contributed by atoms with Crippen LogP contribution in [0.15, 0.2) is 29.8 Å². The summed E-state index contributed by atoms with van der Waals surface area (Å²) in [4.78, 5) is 5.66. The zero-order valence-corrected chi connectivity index (χ0v) is 13.2. The molecule has 1 aromatic heterocycles. The Balaban J connectivity index is 2.31. The Morgan fingerprint density at radius 1 is 1.35 bits per heavy atom. The van der Waals surface area contributed by atoms with Gasteiger partial charge in [0.2, 0.25) is 0 Å². The molecule has 1 unspecified atom stereocenters. The van der Waals surface area contributed by atoms with Gasteiger partial charge in [-0.2, -0.15) is 0 Å². The molecule has 0 aliphatic carbocycles. The number of thiazole rings is 1. The Morgan fingerprint density at radius 3 is 2.85 bits per heavy atom. The molecule has 1 atom stereocenters. The third-order valence-corrected chi connectivity index (χ3v) is 4.14. The van der Waals surface area contributed by atoms with E-state index in [9.17, 15) is 0 Å². The molecule has 0 spiro atoms. The van der Waals surface area contributed by atoms with Crippen molar-refractivity contribution in [3.05, 3.63) is 45.9 Å². The molecule has 2 rings (SSSR count). The highest BCUT2D eigenvalue weighted by molar-refractivity contribution is 7.09. The van der Waals surface area contributed by atoms with E-state index in [0.717, 1.165) is 24.4 Å². The van der Waals surface area contributed by atoms with E-state index in [1.54, 1.807) is 11.3 Å². The zero-order valence-electron chi connectivity index (χ0n) is 12.3. The molecule has 0 radical (unpaired) electrons. The van der Waals surface area contributed by atoms with E-state index < -0.39 is 0 Å². The summed E-state index contributed by atoms with van der Waals surface area (Å²) in [7, 11) is 0. The maximum absolute atomic E-state index is 5.61. The average Bonchev–Trinajstić information content (AvgIpc) is 2.87. The molecule has 0 saturated heterocycles. The molecule has 1 N–H and O–H groups in total. The van der Waals surface area contributed by atoms with Crippen LogP contribution in [0.2, 0.25) is 0 Å². The van der Waals surface area contributed by atoms with Crippen LogP contribution in [0.3, 0.4) is 0 Å². The minimum Gasteiger partial charge on any atom is -0.494 e. The summed E-state index contributed by atoms with van der Waals surface area (Å²) >= 11 is 1.71. The van der Waals surface area contributed by atoms with Crippen LogP contribution in [0.4, 0.5) is 0 Å². The number of benzene rings is 1. The lowest BCUT2D eigenvalue weighted by atomic mass is 10.0. The van der Waals surface area contributed by atoms with Crippen molar-refractivity contribution in [2.45, 2.75) is 33.2 Å². The second kappa shape index (κ2) is 7.41. The number of rotatable bonds is 7. The summed E-state index contributed by atoms with van der Waals surface area (Å²) in [5.74, 6) is 0.926.